The van der Waals surface area contributed by atoms with Gasteiger partial charge in [-0.2, -0.15) is 5.26 Å². The van der Waals surface area contributed by atoms with Crippen molar-refractivity contribution in [3.63, 3.8) is 0 Å². The Hall–Kier alpha value is -3.13. The minimum absolute atomic E-state index is 0.101. The number of fused-ring (bicyclic) bond motifs is 1. The van der Waals surface area contributed by atoms with Crippen LogP contribution in [0.5, 0.6) is 11.5 Å². The zero-order chi connectivity index (χ0) is 16.6. The summed E-state index contributed by atoms with van der Waals surface area (Å²) in [4.78, 5) is 1.96. The van der Waals surface area contributed by atoms with Gasteiger partial charge < -0.3 is 20.5 Å². The second kappa shape index (κ2) is 5.58. The van der Waals surface area contributed by atoms with Gasteiger partial charge in [0.05, 0.1) is 5.92 Å². The summed E-state index contributed by atoms with van der Waals surface area (Å²) in [6.45, 7) is 0. The van der Waals surface area contributed by atoms with Crippen LogP contribution >= 0.6 is 0 Å². The van der Waals surface area contributed by atoms with Gasteiger partial charge in [0.15, 0.2) is 0 Å². The first kappa shape index (κ1) is 14.8. The third-order valence-corrected chi connectivity index (χ3v) is 3.92. The molecule has 5 nitrogen and oxygen atoms in total. The van der Waals surface area contributed by atoms with Crippen LogP contribution in [0.15, 0.2) is 53.9 Å². The third-order valence-electron chi connectivity index (χ3n) is 3.92. The monoisotopic (exact) mass is 307 g/mol. The third kappa shape index (κ3) is 2.55. The Bertz CT molecular complexity index is 834. The standard InChI is InChI=1S/C18H17N3O2/c1-21(2)12-6-7-14-16(9-12)23-18(20)15(10-19)17(14)11-4-3-5-13(22)8-11/h3-9,17,22H,20H2,1-2H3. The molecule has 1 atom stereocenters. The molecule has 3 N–H and O–H groups in total. The Morgan fingerprint density at radius 2 is 2.00 bits per heavy atom. The molecule has 1 unspecified atom stereocenters. The second-order valence-electron chi connectivity index (χ2n) is 5.64. The van der Waals surface area contributed by atoms with Crippen LogP contribution in [0, 0.1) is 11.3 Å². The number of allylic oxidation sites excluding steroid dienone is 1. The van der Waals surface area contributed by atoms with E-state index in [1.807, 2.05) is 43.3 Å². The molecule has 3 rings (SSSR count). The number of nitrogens with two attached hydrogens (primary N) is 1. The SMILES string of the molecule is CN(C)c1ccc2c(c1)OC(N)=C(C#N)C2c1cccc(O)c1. The maximum absolute atomic E-state index is 9.77. The molecule has 0 aliphatic carbocycles. The fourth-order valence-corrected chi connectivity index (χ4v) is 2.77. The summed E-state index contributed by atoms with van der Waals surface area (Å²) in [6, 6.07) is 14.8. The molecule has 0 saturated heterocycles. The first-order chi connectivity index (χ1) is 11.0. The second-order valence-corrected chi connectivity index (χ2v) is 5.64. The highest BCUT2D eigenvalue weighted by atomic mass is 16.5. The van der Waals surface area contributed by atoms with Crippen molar-refractivity contribution in [1.82, 2.24) is 0 Å². The van der Waals surface area contributed by atoms with Crippen molar-refractivity contribution in [2.24, 2.45) is 5.73 Å². The summed E-state index contributed by atoms with van der Waals surface area (Å²) < 4.78 is 5.65. The highest BCUT2D eigenvalue weighted by Crippen LogP contribution is 2.43. The van der Waals surface area contributed by atoms with Gasteiger partial charge in [-0.15, -0.1) is 0 Å². The lowest BCUT2D eigenvalue weighted by atomic mass is 9.83. The smallest absolute Gasteiger partial charge is 0.205 e. The van der Waals surface area contributed by atoms with E-state index in [0.717, 1.165) is 16.8 Å². The van der Waals surface area contributed by atoms with Crippen molar-refractivity contribution in [2.45, 2.75) is 5.92 Å². The summed E-state index contributed by atoms with van der Waals surface area (Å²) in [5.74, 6) is 0.522. The van der Waals surface area contributed by atoms with Crippen molar-refractivity contribution in [3.05, 3.63) is 65.0 Å². The number of phenolic OH excluding ortho intramolecular Hbond substituents is 1. The van der Waals surface area contributed by atoms with E-state index in [4.69, 9.17) is 10.5 Å². The lowest BCUT2D eigenvalue weighted by molar-refractivity contribution is 0.393. The van der Waals surface area contributed by atoms with Gasteiger partial charge in [0, 0.05) is 31.4 Å². The van der Waals surface area contributed by atoms with E-state index in [2.05, 4.69) is 6.07 Å². The first-order valence-corrected chi connectivity index (χ1v) is 7.19. The molecule has 0 bridgehead atoms. The van der Waals surface area contributed by atoms with Gasteiger partial charge in [-0.05, 0) is 23.8 Å². The Morgan fingerprint density at radius 1 is 1.22 bits per heavy atom. The van der Waals surface area contributed by atoms with Crippen molar-refractivity contribution < 1.29 is 9.84 Å². The molecule has 0 aromatic heterocycles. The molecule has 1 aliphatic rings. The average Bonchev–Trinajstić information content (AvgIpc) is 2.52. The lowest BCUT2D eigenvalue weighted by Gasteiger charge is -2.27. The van der Waals surface area contributed by atoms with E-state index in [1.54, 1.807) is 18.2 Å². The summed E-state index contributed by atoms with van der Waals surface area (Å²) in [5, 5.41) is 19.3. The van der Waals surface area contributed by atoms with Gasteiger partial charge in [0.2, 0.25) is 5.88 Å². The molecular weight excluding hydrogens is 290 g/mol. The number of phenols is 1. The predicted molar refractivity (Wildman–Crippen MR) is 88.2 cm³/mol. The van der Waals surface area contributed by atoms with E-state index in [0.29, 0.717) is 11.3 Å². The molecule has 2 aromatic carbocycles. The summed E-state index contributed by atoms with van der Waals surface area (Å²) in [5.41, 5.74) is 8.93. The molecule has 0 spiro atoms. The van der Waals surface area contributed by atoms with Crippen LogP contribution in [-0.4, -0.2) is 19.2 Å². The number of nitrogens with zero attached hydrogens (tertiary/aromatic N) is 2. The molecule has 116 valence electrons. The van der Waals surface area contributed by atoms with E-state index in [1.165, 1.54) is 0 Å². The minimum atomic E-state index is -0.355. The molecule has 1 aliphatic heterocycles. The van der Waals surface area contributed by atoms with Gasteiger partial charge in [0.1, 0.15) is 23.1 Å². The normalized spacial score (nSPS) is 16.3. The summed E-state index contributed by atoms with van der Waals surface area (Å²) in [7, 11) is 3.88. The Morgan fingerprint density at radius 3 is 2.65 bits per heavy atom. The van der Waals surface area contributed by atoms with E-state index in [9.17, 15) is 10.4 Å². The topological polar surface area (TPSA) is 82.5 Å². The van der Waals surface area contributed by atoms with E-state index < -0.39 is 0 Å². The molecule has 0 saturated carbocycles. The highest BCUT2D eigenvalue weighted by molar-refractivity contribution is 5.61. The van der Waals surface area contributed by atoms with Crippen molar-refractivity contribution in [1.29, 1.82) is 5.26 Å². The predicted octanol–water partition coefficient (Wildman–Crippen LogP) is 2.68. The molecule has 0 fully saturated rings. The number of benzene rings is 2. The molecular formula is C18H17N3O2. The number of ether oxygens (including phenoxy) is 1. The number of rotatable bonds is 2. The number of hydrogen-bond donors (Lipinski definition) is 2. The number of aromatic hydroxyl groups is 1. The van der Waals surface area contributed by atoms with Crippen LogP contribution in [0.1, 0.15) is 17.0 Å². The molecule has 2 aromatic rings. The van der Waals surface area contributed by atoms with Crippen molar-refractivity contribution in [3.8, 4) is 17.6 Å². The van der Waals surface area contributed by atoms with E-state index in [-0.39, 0.29) is 17.6 Å². The number of hydrogen-bond acceptors (Lipinski definition) is 5. The Labute approximate surface area is 134 Å². The molecule has 0 amide bonds. The first-order valence-electron chi connectivity index (χ1n) is 7.19. The maximum Gasteiger partial charge on any atom is 0.205 e. The zero-order valence-corrected chi connectivity index (χ0v) is 12.9. The van der Waals surface area contributed by atoms with Crippen LogP contribution in [0.4, 0.5) is 5.69 Å². The van der Waals surface area contributed by atoms with Crippen LogP contribution in [0.25, 0.3) is 0 Å². The summed E-state index contributed by atoms with van der Waals surface area (Å²) in [6.07, 6.45) is 0. The fourth-order valence-electron chi connectivity index (χ4n) is 2.77. The largest absolute Gasteiger partial charge is 0.508 e. The zero-order valence-electron chi connectivity index (χ0n) is 12.9. The number of anilines is 1. The van der Waals surface area contributed by atoms with Gasteiger partial charge in [-0.1, -0.05) is 18.2 Å². The van der Waals surface area contributed by atoms with Crippen molar-refractivity contribution in [2.75, 3.05) is 19.0 Å². The Kier molecular flexibility index (Phi) is 3.59. The number of nitriles is 1. The van der Waals surface area contributed by atoms with Crippen LogP contribution in [-0.2, 0) is 0 Å². The van der Waals surface area contributed by atoms with Gasteiger partial charge in [0.25, 0.3) is 0 Å². The quantitative estimate of drug-likeness (QED) is 0.891. The van der Waals surface area contributed by atoms with E-state index >= 15 is 0 Å². The van der Waals surface area contributed by atoms with Crippen LogP contribution in [0.3, 0.4) is 0 Å². The molecule has 0 radical (unpaired) electrons. The highest BCUT2D eigenvalue weighted by Gasteiger charge is 2.31. The molecule has 5 heteroatoms. The summed E-state index contributed by atoms with van der Waals surface area (Å²) >= 11 is 0. The Balaban J connectivity index is 2.20. The molecule has 1 heterocycles. The molecule has 23 heavy (non-hydrogen) atoms. The van der Waals surface area contributed by atoms with Gasteiger partial charge in [-0.25, -0.2) is 0 Å². The van der Waals surface area contributed by atoms with Gasteiger partial charge >= 0.3 is 0 Å². The van der Waals surface area contributed by atoms with Gasteiger partial charge in [-0.3, -0.25) is 0 Å². The van der Waals surface area contributed by atoms with Crippen molar-refractivity contribution >= 4 is 5.69 Å². The van der Waals surface area contributed by atoms with Crippen LogP contribution < -0.4 is 15.4 Å². The lowest BCUT2D eigenvalue weighted by Crippen LogP contribution is -2.21. The minimum Gasteiger partial charge on any atom is -0.508 e. The fraction of sp³-hybridized carbons (Fsp3) is 0.167. The average molecular weight is 307 g/mol. The van der Waals surface area contributed by atoms with Crippen LogP contribution in [0.2, 0.25) is 0 Å². The maximum atomic E-state index is 9.77.